The van der Waals surface area contributed by atoms with Crippen molar-refractivity contribution in [2.24, 2.45) is 0 Å². The van der Waals surface area contributed by atoms with Gasteiger partial charge in [-0.05, 0) is 17.5 Å². The van der Waals surface area contributed by atoms with Gasteiger partial charge < -0.3 is 15.0 Å². The summed E-state index contributed by atoms with van der Waals surface area (Å²) in [6.45, 7) is 0. The average Bonchev–Trinajstić information content (AvgIpc) is 2.84. The number of aromatic nitrogens is 2. The van der Waals surface area contributed by atoms with E-state index in [1.54, 1.807) is 19.4 Å². The van der Waals surface area contributed by atoms with E-state index in [1.807, 2.05) is 24.3 Å². The number of ether oxygens (including phenoxy) is 1. The second kappa shape index (κ2) is 4.03. The van der Waals surface area contributed by atoms with Crippen LogP contribution in [0.25, 0.3) is 22.0 Å². The van der Waals surface area contributed by atoms with Crippen molar-refractivity contribution < 1.29 is 9.26 Å². The lowest BCUT2D eigenvalue weighted by molar-refractivity contribution is 0.403. The maximum atomic E-state index is 5.52. The predicted molar refractivity (Wildman–Crippen MR) is 68.2 cm³/mol. The zero-order chi connectivity index (χ0) is 12.5. The van der Waals surface area contributed by atoms with Crippen LogP contribution in [0.4, 0.5) is 5.88 Å². The summed E-state index contributed by atoms with van der Waals surface area (Å²) in [5.74, 6) is 0.883. The highest BCUT2D eigenvalue weighted by Gasteiger charge is 2.08. The number of benzene rings is 1. The van der Waals surface area contributed by atoms with Gasteiger partial charge >= 0.3 is 0 Å². The van der Waals surface area contributed by atoms with E-state index in [-0.39, 0.29) is 0 Å². The highest BCUT2D eigenvalue weighted by atomic mass is 16.5. The second-order valence-corrected chi connectivity index (χ2v) is 3.87. The van der Waals surface area contributed by atoms with E-state index in [0.717, 1.165) is 16.3 Å². The molecule has 3 aromatic rings. The molecule has 2 heterocycles. The molecule has 0 aliphatic carbocycles. The smallest absolute Gasteiger partial charge is 0.222 e. The van der Waals surface area contributed by atoms with Gasteiger partial charge in [-0.25, -0.2) is 4.98 Å². The maximum Gasteiger partial charge on any atom is 0.222 e. The molecular weight excluding hydrogens is 230 g/mol. The van der Waals surface area contributed by atoms with E-state index >= 15 is 0 Å². The molecule has 5 nitrogen and oxygen atoms in total. The molecule has 0 aliphatic rings. The fourth-order valence-electron chi connectivity index (χ4n) is 1.89. The van der Waals surface area contributed by atoms with Crippen LogP contribution >= 0.6 is 0 Å². The van der Waals surface area contributed by atoms with Gasteiger partial charge in [0.15, 0.2) is 0 Å². The molecule has 0 bridgehead atoms. The van der Waals surface area contributed by atoms with Crippen molar-refractivity contribution in [1.29, 1.82) is 0 Å². The fourth-order valence-corrected chi connectivity index (χ4v) is 1.89. The molecular formula is C13H11N3O2. The number of methoxy groups -OCH3 is 1. The quantitative estimate of drug-likeness (QED) is 0.746. The van der Waals surface area contributed by atoms with Crippen molar-refractivity contribution in [2.45, 2.75) is 0 Å². The Morgan fingerprint density at radius 3 is 2.83 bits per heavy atom. The molecule has 0 atom stereocenters. The third-order valence-corrected chi connectivity index (χ3v) is 2.75. The summed E-state index contributed by atoms with van der Waals surface area (Å²) < 4.78 is 10.1. The monoisotopic (exact) mass is 241 g/mol. The molecule has 1 aromatic carbocycles. The number of nitrogen functional groups attached to an aromatic ring is 1. The summed E-state index contributed by atoms with van der Waals surface area (Å²) in [5, 5.41) is 5.87. The molecule has 90 valence electrons. The van der Waals surface area contributed by atoms with E-state index in [2.05, 4.69) is 10.1 Å². The molecule has 2 aromatic heterocycles. The van der Waals surface area contributed by atoms with E-state index < -0.39 is 0 Å². The minimum Gasteiger partial charge on any atom is -0.481 e. The van der Waals surface area contributed by atoms with Crippen molar-refractivity contribution in [1.82, 2.24) is 10.1 Å². The van der Waals surface area contributed by atoms with Gasteiger partial charge in [0, 0.05) is 23.2 Å². The van der Waals surface area contributed by atoms with Gasteiger partial charge in [0.25, 0.3) is 0 Å². The van der Waals surface area contributed by atoms with Crippen LogP contribution in [0.1, 0.15) is 0 Å². The molecule has 0 spiro atoms. The van der Waals surface area contributed by atoms with Crippen molar-refractivity contribution >= 4 is 16.7 Å². The van der Waals surface area contributed by atoms with Crippen molar-refractivity contribution in [2.75, 3.05) is 12.8 Å². The number of nitrogens with zero attached hydrogens (tertiary/aromatic N) is 2. The van der Waals surface area contributed by atoms with Crippen LogP contribution in [-0.2, 0) is 0 Å². The Kier molecular flexibility index (Phi) is 2.37. The van der Waals surface area contributed by atoms with E-state index in [1.165, 1.54) is 0 Å². The molecule has 0 aliphatic heterocycles. The number of nitrogens with two attached hydrogens (primary N) is 1. The van der Waals surface area contributed by atoms with Crippen LogP contribution < -0.4 is 10.5 Å². The molecule has 0 saturated carbocycles. The summed E-state index contributed by atoms with van der Waals surface area (Å²) in [6, 6.07) is 9.51. The van der Waals surface area contributed by atoms with Crippen LogP contribution in [0, 0.1) is 0 Å². The number of hydrogen-bond donors (Lipinski definition) is 1. The first-order chi connectivity index (χ1) is 8.78. The Morgan fingerprint density at radius 2 is 2.11 bits per heavy atom. The topological polar surface area (TPSA) is 74.2 Å². The molecule has 0 amide bonds. The molecule has 5 heteroatoms. The first-order valence-corrected chi connectivity index (χ1v) is 5.43. The highest BCUT2D eigenvalue weighted by Crippen LogP contribution is 2.28. The first-order valence-electron chi connectivity index (χ1n) is 5.43. The molecule has 0 radical (unpaired) electrons. The normalized spacial score (nSPS) is 10.7. The van der Waals surface area contributed by atoms with E-state index in [9.17, 15) is 0 Å². The maximum absolute atomic E-state index is 5.52. The van der Waals surface area contributed by atoms with Gasteiger partial charge in [-0.15, -0.1) is 0 Å². The highest BCUT2D eigenvalue weighted by molar-refractivity contribution is 5.90. The summed E-state index contributed by atoms with van der Waals surface area (Å²) >= 11 is 0. The number of pyridine rings is 1. The number of fused-ring (bicyclic) bond motifs is 1. The van der Waals surface area contributed by atoms with Crippen LogP contribution in [-0.4, -0.2) is 17.3 Å². The minimum absolute atomic E-state index is 0.295. The van der Waals surface area contributed by atoms with Crippen LogP contribution in [0.5, 0.6) is 5.88 Å². The Balaban J connectivity index is 2.21. The van der Waals surface area contributed by atoms with Crippen molar-refractivity contribution in [3.05, 3.63) is 36.5 Å². The van der Waals surface area contributed by atoms with E-state index in [4.69, 9.17) is 15.0 Å². The summed E-state index contributed by atoms with van der Waals surface area (Å²) in [6.07, 6.45) is 1.72. The van der Waals surface area contributed by atoms with Crippen LogP contribution in [0.2, 0.25) is 0 Å². The van der Waals surface area contributed by atoms with Gasteiger partial charge in [0.2, 0.25) is 11.8 Å². The fraction of sp³-hybridized carbons (Fsp3) is 0.0769. The lowest BCUT2D eigenvalue weighted by Crippen LogP contribution is -1.89. The summed E-state index contributed by atoms with van der Waals surface area (Å²) in [5.41, 5.74) is 7.12. The molecule has 0 saturated heterocycles. The molecule has 3 rings (SSSR count). The number of anilines is 1. The van der Waals surface area contributed by atoms with Crippen LogP contribution in [0.15, 0.2) is 41.1 Å². The second-order valence-electron chi connectivity index (χ2n) is 3.87. The molecule has 2 N–H and O–H groups in total. The molecule has 0 unspecified atom stereocenters. The minimum atomic E-state index is 0.295. The Bertz CT molecular complexity index is 706. The van der Waals surface area contributed by atoms with Gasteiger partial charge in [-0.1, -0.05) is 17.3 Å². The number of hydrogen-bond acceptors (Lipinski definition) is 5. The largest absolute Gasteiger partial charge is 0.481 e. The third-order valence-electron chi connectivity index (χ3n) is 2.75. The van der Waals surface area contributed by atoms with Crippen molar-refractivity contribution in [3.8, 4) is 17.1 Å². The lowest BCUT2D eigenvalue weighted by atomic mass is 10.1. The summed E-state index contributed by atoms with van der Waals surface area (Å²) in [4.78, 5) is 4.17. The van der Waals surface area contributed by atoms with Crippen LogP contribution in [0.3, 0.4) is 0 Å². The SMILES string of the molecule is COc1nccc2ccc(-c3cc(N)on3)cc12. The van der Waals surface area contributed by atoms with Gasteiger partial charge in [-0.2, -0.15) is 0 Å². The molecule has 0 fully saturated rings. The first kappa shape index (κ1) is 10.6. The average molecular weight is 241 g/mol. The van der Waals surface area contributed by atoms with Gasteiger partial charge in [0.1, 0.15) is 5.69 Å². The number of rotatable bonds is 2. The Hall–Kier alpha value is -2.56. The lowest BCUT2D eigenvalue weighted by Gasteiger charge is -2.05. The summed E-state index contributed by atoms with van der Waals surface area (Å²) in [7, 11) is 1.60. The van der Waals surface area contributed by atoms with Gasteiger partial charge in [0.05, 0.1) is 7.11 Å². The van der Waals surface area contributed by atoms with E-state index in [0.29, 0.717) is 17.5 Å². The van der Waals surface area contributed by atoms with Crippen molar-refractivity contribution in [3.63, 3.8) is 0 Å². The Morgan fingerprint density at radius 1 is 1.22 bits per heavy atom. The Labute approximate surface area is 103 Å². The van der Waals surface area contributed by atoms with Gasteiger partial charge in [-0.3, -0.25) is 0 Å². The zero-order valence-electron chi connectivity index (χ0n) is 9.75. The predicted octanol–water partition coefficient (Wildman–Crippen LogP) is 2.48. The standard InChI is InChI=1S/C13H11N3O2/c1-17-13-10-6-9(11-7-12(14)18-16-11)3-2-8(10)4-5-15-13/h2-7H,14H2,1H3. The third kappa shape index (κ3) is 1.66. The zero-order valence-corrected chi connectivity index (χ0v) is 9.75. The molecule has 18 heavy (non-hydrogen) atoms.